The fourth-order valence-electron chi connectivity index (χ4n) is 2.09. The number of carbonyl (C=O) groups excluding carboxylic acids is 1. The zero-order valence-electron chi connectivity index (χ0n) is 10.8. The molecular weight excluding hydrogens is 232 g/mol. The van der Waals surface area contributed by atoms with Gasteiger partial charge >= 0.3 is 0 Å². The van der Waals surface area contributed by atoms with Crippen LogP contribution in [0.5, 0.6) is 0 Å². The maximum atomic E-state index is 12.0. The molecule has 1 aliphatic rings. The minimum atomic E-state index is -0.230. The Balaban J connectivity index is 2.04. The standard InChI is InChI=1S/C12H20N4O2/c1-7(2)10-9(13)11(16-15-10)12(17)14-8-4-3-5-18-6-8/h7-8H,3-6,13H2,1-2H3,(H,14,17)(H,15,16). The van der Waals surface area contributed by atoms with E-state index in [1.54, 1.807) is 0 Å². The summed E-state index contributed by atoms with van der Waals surface area (Å²) in [6, 6.07) is 0.0600. The lowest BCUT2D eigenvalue weighted by atomic mass is 10.1. The highest BCUT2D eigenvalue weighted by molar-refractivity contribution is 5.97. The van der Waals surface area contributed by atoms with E-state index >= 15 is 0 Å². The van der Waals surface area contributed by atoms with E-state index in [9.17, 15) is 4.79 Å². The van der Waals surface area contributed by atoms with E-state index in [1.165, 1.54) is 0 Å². The molecule has 0 aliphatic carbocycles. The van der Waals surface area contributed by atoms with Crippen LogP contribution in [0.2, 0.25) is 0 Å². The molecule has 1 amide bonds. The number of hydrogen-bond acceptors (Lipinski definition) is 4. The van der Waals surface area contributed by atoms with E-state index in [-0.39, 0.29) is 23.6 Å². The van der Waals surface area contributed by atoms with Gasteiger partial charge < -0.3 is 15.8 Å². The highest BCUT2D eigenvalue weighted by Crippen LogP contribution is 2.22. The van der Waals surface area contributed by atoms with Gasteiger partial charge in [0.1, 0.15) is 0 Å². The summed E-state index contributed by atoms with van der Waals surface area (Å²) >= 11 is 0. The van der Waals surface area contributed by atoms with E-state index in [1.807, 2.05) is 13.8 Å². The van der Waals surface area contributed by atoms with E-state index in [2.05, 4.69) is 15.5 Å². The van der Waals surface area contributed by atoms with Crippen LogP contribution in [-0.2, 0) is 4.74 Å². The molecule has 0 saturated carbocycles. The molecule has 2 rings (SSSR count). The number of aromatic amines is 1. The van der Waals surface area contributed by atoms with Crippen molar-refractivity contribution in [3.63, 3.8) is 0 Å². The Bertz CT molecular complexity index is 422. The van der Waals surface area contributed by atoms with Crippen molar-refractivity contribution in [2.75, 3.05) is 18.9 Å². The van der Waals surface area contributed by atoms with Crippen molar-refractivity contribution in [2.24, 2.45) is 0 Å². The number of carbonyl (C=O) groups is 1. The topological polar surface area (TPSA) is 93.0 Å². The van der Waals surface area contributed by atoms with Crippen LogP contribution >= 0.6 is 0 Å². The molecule has 1 aromatic heterocycles. The third-order valence-corrected chi connectivity index (χ3v) is 3.12. The smallest absolute Gasteiger partial charge is 0.274 e. The molecule has 2 heterocycles. The van der Waals surface area contributed by atoms with Gasteiger partial charge in [0.2, 0.25) is 0 Å². The third kappa shape index (κ3) is 2.64. The molecule has 6 heteroatoms. The molecule has 0 spiro atoms. The normalized spacial score (nSPS) is 20.1. The number of nitrogen functional groups attached to an aromatic ring is 1. The summed E-state index contributed by atoms with van der Waals surface area (Å²) in [6.07, 6.45) is 1.91. The van der Waals surface area contributed by atoms with Gasteiger partial charge in [0.15, 0.2) is 5.69 Å². The summed E-state index contributed by atoms with van der Waals surface area (Å²) in [4.78, 5) is 12.0. The Hall–Kier alpha value is -1.56. The van der Waals surface area contributed by atoms with E-state index < -0.39 is 0 Å². The predicted octanol–water partition coefficient (Wildman–Crippen LogP) is 1.02. The van der Waals surface area contributed by atoms with Crippen molar-refractivity contribution in [1.29, 1.82) is 0 Å². The van der Waals surface area contributed by atoms with Crippen molar-refractivity contribution in [3.05, 3.63) is 11.4 Å². The van der Waals surface area contributed by atoms with Gasteiger partial charge in [-0.1, -0.05) is 13.8 Å². The van der Waals surface area contributed by atoms with Crippen LogP contribution in [-0.4, -0.2) is 35.4 Å². The molecule has 4 N–H and O–H groups in total. The average molecular weight is 252 g/mol. The molecule has 0 aromatic carbocycles. The molecule has 1 atom stereocenters. The summed E-state index contributed by atoms with van der Waals surface area (Å²) in [5, 5.41) is 9.73. The van der Waals surface area contributed by atoms with Crippen LogP contribution in [0.3, 0.4) is 0 Å². The number of H-pyrrole nitrogens is 1. The highest BCUT2D eigenvalue weighted by atomic mass is 16.5. The lowest BCUT2D eigenvalue weighted by molar-refractivity contribution is 0.0622. The number of hydrogen-bond donors (Lipinski definition) is 3. The highest BCUT2D eigenvalue weighted by Gasteiger charge is 2.22. The van der Waals surface area contributed by atoms with Crippen LogP contribution in [0.15, 0.2) is 0 Å². The Labute approximate surface area is 106 Å². The van der Waals surface area contributed by atoms with Gasteiger partial charge in [-0.2, -0.15) is 5.10 Å². The monoisotopic (exact) mass is 252 g/mol. The van der Waals surface area contributed by atoms with E-state index in [0.29, 0.717) is 12.3 Å². The van der Waals surface area contributed by atoms with Gasteiger partial charge in [0.05, 0.1) is 24.0 Å². The Morgan fingerprint density at radius 3 is 2.94 bits per heavy atom. The van der Waals surface area contributed by atoms with Crippen molar-refractivity contribution < 1.29 is 9.53 Å². The zero-order valence-corrected chi connectivity index (χ0v) is 10.8. The van der Waals surface area contributed by atoms with Crippen LogP contribution in [0.25, 0.3) is 0 Å². The van der Waals surface area contributed by atoms with Crippen molar-refractivity contribution >= 4 is 11.6 Å². The maximum absolute atomic E-state index is 12.0. The first-order valence-electron chi connectivity index (χ1n) is 6.32. The first kappa shape index (κ1) is 12.9. The quantitative estimate of drug-likeness (QED) is 0.749. The molecule has 0 radical (unpaired) electrons. The van der Waals surface area contributed by atoms with Crippen molar-refractivity contribution in [3.8, 4) is 0 Å². The summed E-state index contributed by atoms with van der Waals surface area (Å²) in [5.41, 5.74) is 7.46. The number of amides is 1. The van der Waals surface area contributed by atoms with Crippen LogP contribution < -0.4 is 11.1 Å². The minimum Gasteiger partial charge on any atom is -0.395 e. The molecule has 1 saturated heterocycles. The number of aromatic nitrogens is 2. The van der Waals surface area contributed by atoms with Crippen LogP contribution in [0, 0.1) is 0 Å². The number of rotatable bonds is 3. The number of nitrogens with zero attached hydrogens (tertiary/aromatic N) is 1. The molecule has 0 bridgehead atoms. The Morgan fingerprint density at radius 1 is 1.61 bits per heavy atom. The average Bonchev–Trinajstić information content (AvgIpc) is 2.72. The van der Waals surface area contributed by atoms with Crippen molar-refractivity contribution in [1.82, 2.24) is 15.5 Å². The molecule has 18 heavy (non-hydrogen) atoms. The number of nitrogens with one attached hydrogen (secondary N) is 2. The summed E-state index contributed by atoms with van der Waals surface area (Å²) < 4.78 is 5.32. The van der Waals surface area contributed by atoms with Crippen LogP contribution in [0.1, 0.15) is 48.8 Å². The lowest BCUT2D eigenvalue weighted by Crippen LogP contribution is -2.41. The lowest BCUT2D eigenvalue weighted by Gasteiger charge is -2.22. The second-order valence-corrected chi connectivity index (χ2v) is 4.94. The second-order valence-electron chi connectivity index (χ2n) is 4.94. The molecular formula is C12H20N4O2. The predicted molar refractivity (Wildman–Crippen MR) is 68.4 cm³/mol. The van der Waals surface area contributed by atoms with Gasteiger partial charge in [0.25, 0.3) is 5.91 Å². The third-order valence-electron chi connectivity index (χ3n) is 3.12. The summed E-state index contributed by atoms with van der Waals surface area (Å²) in [6.45, 7) is 5.34. The Morgan fingerprint density at radius 2 is 2.39 bits per heavy atom. The SMILES string of the molecule is CC(C)c1[nH]nc(C(=O)NC2CCCOC2)c1N. The summed E-state index contributed by atoms with van der Waals surface area (Å²) in [5.74, 6) is -0.0109. The number of nitrogens with two attached hydrogens (primary N) is 1. The van der Waals surface area contributed by atoms with Gasteiger partial charge in [-0.3, -0.25) is 9.89 Å². The van der Waals surface area contributed by atoms with Gasteiger partial charge in [-0.25, -0.2) is 0 Å². The molecule has 100 valence electrons. The summed E-state index contributed by atoms with van der Waals surface area (Å²) in [7, 11) is 0. The maximum Gasteiger partial charge on any atom is 0.274 e. The molecule has 1 aromatic rings. The molecule has 1 aliphatic heterocycles. The van der Waals surface area contributed by atoms with E-state index in [0.717, 1.165) is 25.1 Å². The van der Waals surface area contributed by atoms with Gasteiger partial charge in [-0.15, -0.1) is 0 Å². The first-order chi connectivity index (χ1) is 8.59. The zero-order chi connectivity index (χ0) is 13.1. The largest absolute Gasteiger partial charge is 0.395 e. The fourth-order valence-corrected chi connectivity index (χ4v) is 2.09. The van der Waals surface area contributed by atoms with Gasteiger partial charge in [0, 0.05) is 6.61 Å². The molecule has 6 nitrogen and oxygen atoms in total. The number of anilines is 1. The van der Waals surface area contributed by atoms with Gasteiger partial charge in [-0.05, 0) is 18.8 Å². The second kappa shape index (κ2) is 5.39. The van der Waals surface area contributed by atoms with Crippen LogP contribution in [0.4, 0.5) is 5.69 Å². The van der Waals surface area contributed by atoms with Crippen molar-refractivity contribution in [2.45, 2.75) is 38.6 Å². The minimum absolute atomic E-state index is 0.0600. The first-order valence-corrected chi connectivity index (χ1v) is 6.32. The Kier molecular flexibility index (Phi) is 3.86. The molecule has 1 fully saturated rings. The molecule has 1 unspecified atom stereocenters. The number of ether oxygens (including phenoxy) is 1. The van der Waals surface area contributed by atoms with E-state index in [4.69, 9.17) is 10.5 Å². The fraction of sp³-hybridized carbons (Fsp3) is 0.667.